The minimum atomic E-state index is 0.316. The normalized spacial score (nSPS) is 16.2. The van der Waals surface area contributed by atoms with Crippen LogP contribution in [-0.4, -0.2) is 0 Å². The van der Waals surface area contributed by atoms with Gasteiger partial charge in [0.05, 0.1) is 0 Å². The number of fused-ring (bicyclic) bond motifs is 3. The van der Waals surface area contributed by atoms with Crippen LogP contribution in [0.3, 0.4) is 0 Å². The van der Waals surface area contributed by atoms with Crippen LogP contribution in [0.4, 0.5) is 0 Å². The van der Waals surface area contributed by atoms with E-state index in [9.17, 15) is 0 Å². The summed E-state index contributed by atoms with van der Waals surface area (Å²) in [5.74, 6) is 0. The highest BCUT2D eigenvalue weighted by molar-refractivity contribution is 9.10. The molecule has 0 saturated carbocycles. The maximum Gasteiger partial charge on any atom is 0.0213 e. The summed E-state index contributed by atoms with van der Waals surface area (Å²) in [6.45, 7) is 7.05. The average Bonchev–Trinajstić information content (AvgIpc) is 2.75. The smallest absolute Gasteiger partial charge is 0.0213 e. The number of rotatable bonds is 4. The highest BCUT2D eigenvalue weighted by Gasteiger charge is 2.25. The number of benzene rings is 2. The van der Waals surface area contributed by atoms with E-state index in [4.69, 9.17) is 0 Å². The Kier molecular flexibility index (Phi) is 4.96. The lowest BCUT2D eigenvalue weighted by Gasteiger charge is -2.29. The first-order valence-electron chi connectivity index (χ1n) is 9.00. The first-order chi connectivity index (χ1) is 11.1. The molecule has 1 heteroatoms. The van der Waals surface area contributed by atoms with E-state index >= 15 is 0 Å². The second-order valence-corrected chi connectivity index (χ2v) is 8.01. The Bertz CT molecular complexity index is 701. The van der Waals surface area contributed by atoms with Crippen molar-refractivity contribution in [2.75, 3.05) is 0 Å². The molecule has 0 N–H and O–H groups in total. The van der Waals surface area contributed by atoms with E-state index in [1.807, 2.05) is 0 Å². The third kappa shape index (κ3) is 3.13. The standard InChI is InChI=1S/C22H27Br/c1-4-14-22(3,5-2)17-12-13-18-16(15-17)8-6-10-20-19(18)9-7-11-21(20)23/h7,9,11-13,15H,4-6,8,10,14H2,1-3H3. The second-order valence-electron chi connectivity index (χ2n) is 7.16. The fourth-order valence-corrected chi connectivity index (χ4v) is 4.60. The summed E-state index contributed by atoms with van der Waals surface area (Å²) in [4.78, 5) is 0. The topological polar surface area (TPSA) is 0 Å². The van der Waals surface area contributed by atoms with E-state index in [-0.39, 0.29) is 0 Å². The van der Waals surface area contributed by atoms with Crippen LogP contribution in [-0.2, 0) is 18.3 Å². The van der Waals surface area contributed by atoms with Crippen molar-refractivity contribution in [1.29, 1.82) is 0 Å². The van der Waals surface area contributed by atoms with Gasteiger partial charge in [-0.15, -0.1) is 0 Å². The molecule has 1 aliphatic rings. The van der Waals surface area contributed by atoms with Gasteiger partial charge >= 0.3 is 0 Å². The Morgan fingerprint density at radius 3 is 2.61 bits per heavy atom. The average molecular weight is 371 g/mol. The van der Waals surface area contributed by atoms with E-state index in [0.717, 1.165) is 0 Å². The van der Waals surface area contributed by atoms with Crippen molar-refractivity contribution >= 4 is 15.9 Å². The van der Waals surface area contributed by atoms with Crippen molar-refractivity contribution in [3.8, 4) is 11.1 Å². The highest BCUT2D eigenvalue weighted by atomic mass is 79.9. The van der Waals surface area contributed by atoms with Crippen LogP contribution in [0, 0.1) is 0 Å². The molecule has 0 heterocycles. The summed E-state index contributed by atoms with van der Waals surface area (Å²) in [7, 11) is 0. The molecule has 1 aliphatic carbocycles. The zero-order valence-corrected chi connectivity index (χ0v) is 16.2. The molecule has 0 fully saturated rings. The Balaban J connectivity index is 2.10. The molecule has 2 aromatic rings. The molecule has 23 heavy (non-hydrogen) atoms. The third-order valence-corrected chi connectivity index (χ3v) is 6.41. The Morgan fingerprint density at radius 2 is 1.87 bits per heavy atom. The first kappa shape index (κ1) is 16.8. The summed E-state index contributed by atoms with van der Waals surface area (Å²) < 4.78 is 1.26. The Labute approximate surface area is 149 Å². The zero-order chi connectivity index (χ0) is 16.4. The van der Waals surface area contributed by atoms with E-state index in [1.54, 1.807) is 0 Å². The van der Waals surface area contributed by atoms with Gasteiger partial charge in [-0.2, -0.15) is 0 Å². The van der Waals surface area contributed by atoms with Crippen LogP contribution < -0.4 is 0 Å². The summed E-state index contributed by atoms with van der Waals surface area (Å²) in [6.07, 6.45) is 7.32. The summed E-state index contributed by atoms with van der Waals surface area (Å²) in [5.41, 5.74) is 7.72. The molecule has 3 rings (SSSR count). The van der Waals surface area contributed by atoms with Crippen LogP contribution in [0.5, 0.6) is 0 Å². The maximum absolute atomic E-state index is 3.75. The lowest BCUT2D eigenvalue weighted by Crippen LogP contribution is -2.20. The maximum atomic E-state index is 3.75. The molecule has 1 atom stereocenters. The van der Waals surface area contributed by atoms with Crippen molar-refractivity contribution in [3.05, 3.63) is 57.6 Å². The second kappa shape index (κ2) is 6.81. The van der Waals surface area contributed by atoms with Gasteiger partial charge in [-0.25, -0.2) is 0 Å². The molecule has 0 spiro atoms. The van der Waals surface area contributed by atoms with Crippen LogP contribution in [0.25, 0.3) is 11.1 Å². The molecule has 0 radical (unpaired) electrons. The number of hydrogen-bond donors (Lipinski definition) is 0. The molecule has 0 nitrogen and oxygen atoms in total. The largest absolute Gasteiger partial charge is 0.0654 e. The monoisotopic (exact) mass is 370 g/mol. The minimum absolute atomic E-state index is 0.316. The van der Waals surface area contributed by atoms with E-state index in [2.05, 4.69) is 73.1 Å². The fourth-order valence-electron chi connectivity index (χ4n) is 4.04. The van der Waals surface area contributed by atoms with Gasteiger partial charge in [0, 0.05) is 4.47 Å². The van der Waals surface area contributed by atoms with Crippen LogP contribution in [0.15, 0.2) is 40.9 Å². The van der Waals surface area contributed by atoms with Gasteiger partial charge in [-0.3, -0.25) is 0 Å². The highest BCUT2D eigenvalue weighted by Crippen LogP contribution is 2.39. The van der Waals surface area contributed by atoms with E-state index < -0.39 is 0 Å². The lowest BCUT2D eigenvalue weighted by atomic mass is 9.75. The van der Waals surface area contributed by atoms with Gasteiger partial charge in [0.25, 0.3) is 0 Å². The van der Waals surface area contributed by atoms with Crippen LogP contribution in [0.2, 0.25) is 0 Å². The third-order valence-electron chi connectivity index (χ3n) is 5.67. The van der Waals surface area contributed by atoms with Crippen molar-refractivity contribution in [3.63, 3.8) is 0 Å². The molecule has 0 aliphatic heterocycles. The Morgan fingerprint density at radius 1 is 1.04 bits per heavy atom. The van der Waals surface area contributed by atoms with Crippen molar-refractivity contribution in [2.24, 2.45) is 0 Å². The van der Waals surface area contributed by atoms with Crippen molar-refractivity contribution in [1.82, 2.24) is 0 Å². The van der Waals surface area contributed by atoms with Gasteiger partial charge in [0.2, 0.25) is 0 Å². The predicted molar refractivity (Wildman–Crippen MR) is 104 cm³/mol. The van der Waals surface area contributed by atoms with E-state index in [0.29, 0.717) is 5.41 Å². The molecule has 122 valence electrons. The lowest BCUT2D eigenvalue weighted by molar-refractivity contribution is 0.413. The number of halogens is 1. The number of hydrogen-bond acceptors (Lipinski definition) is 0. The molecule has 2 aromatic carbocycles. The fraction of sp³-hybridized carbons (Fsp3) is 0.455. The van der Waals surface area contributed by atoms with E-state index in [1.165, 1.54) is 70.8 Å². The molecule has 0 amide bonds. The van der Waals surface area contributed by atoms with Crippen LogP contribution in [0.1, 0.15) is 63.1 Å². The van der Waals surface area contributed by atoms with Gasteiger partial charge in [0.1, 0.15) is 0 Å². The van der Waals surface area contributed by atoms with Gasteiger partial charge in [-0.05, 0) is 71.4 Å². The minimum Gasteiger partial charge on any atom is -0.0654 e. The first-order valence-corrected chi connectivity index (χ1v) is 9.79. The van der Waals surface area contributed by atoms with Gasteiger partial charge < -0.3 is 0 Å². The van der Waals surface area contributed by atoms with Crippen molar-refractivity contribution in [2.45, 2.75) is 64.7 Å². The van der Waals surface area contributed by atoms with Gasteiger partial charge in [-0.1, -0.05) is 73.5 Å². The summed E-state index contributed by atoms with van der Waals surface area (Å²) in [5, 5.41) is 0. The summed E-state index contributed by atoms with van der Waals surface area (Å²) >= 11 is 3.75. The molecule has 0 saturated heterocycles. The number of aryl methyl sites for hydroxylation is 1. The molecular weight excluding hydrogens is 344 g/mol. The Hall–Kier alpha value is -1.08. The summed E-state index contributed by atoms with van der Waals surface area (Å²) in [6, 6.07) is 13.9. The molecule has 0 bridgehead atoms. The molecule has 0 aromatic heterocycles. The SMILES string of the molecule is CCCC(C)(CC)c1ccc2c(c1)CCCc1c(Br)cccc1-2. The quantitative estimate of drug-likeness (QED) is 0.539. The molecule has 1 unspecified atom stereocenters. The van der Waals surface area contributed by atoms with Crippen molar-refractivity contribution < 1.29 is 0 Å². The van der Waals surface area contributed by atoms with Gasteiger partial charge in [0.15, 0.2) is 0 Å². The predicted octanol–water partition coefficient (Wildman–Crippen LogP) is 7.07. The van der Waals surface area contributed by atoms with Crippen LogP contribution >= 0.6 is 15.9 Å². The zero-order valence-electron chi connectivity index (χ0n) is 14.6. The molecular formula is C22H27Br.